The van der Waals surface area contributed by atoms with Crippen molar-refractivity contribution < 1.29 is 28.7 Å². The monoisotopic (exact) mass is 380 g/mol. The summed E-state index contributed by atoms with van der Waals surface area (Å²) in [4.78, 5) is 36.9. The van der Waals surface area contributed by atoms with Crippen molar-refractivity contribution in [1.82, 2.24) is 4.90 Å². The number of carbonyl (C=O) groups excluding carboxylic acids is 2. The number of hydrogen-bond donors (Lipinski definition) is 0. The summed E-state index contributed by atoms with van der Waals surface area (Å²) in [6.45, 7) is 0.810. The number of methoxy groups -OCH3 is 2. The van der Waals surface area contributed by atoms with Crippen LogP contribution in [-0.2, 0) is 9.53 Å². The molecule has 0 saturated carbocycles. The molecule has 1 fully saturated rings. The maximum Gasteiger partial charge on any atom is 0.345 e. The van der Waals surface area contributed by atoms with Crippen molar-refractivity contribution in [3.05, 3.63) is 27.8 Å². The Bertz CT molecular complexity index is 697. The molecule has 0 spiro atoms. The van der Waals surface area contributed by atoms with Gasteiger partial charge < -0.3 is 19.1 Å². The van der Waals surface area contributed by atoms with Gasteiger partial charge >= 0.3 is 5.97 Å². The van der Waals surface area contributed by atoms with E-state index in [1.165, 1.54) is 26.7 Å². The molecule has 0 bridgehead atoms. The van der Waals surface area contributed by atoms with Crippen LogP contribution in [0.1, 0.15) is 42.5 Å². The van der Waals surface area contributed by atoms with Gasteiger partial charge in [-0.1, -0.05) is 19.3 Å². The molecule has 0 aromatic heterocycles. The highest BCUT2D eigenvalue weighted by Crippen LogP contribution is 2.34. The van der Waals surface area contributed by atoms with E-state index in [-0.39, 0.29) is 23.0 Å². The Morgan fingerprint density at radius 3 is 2.15 bits per heavy atom. The normalized spacial score (nSPS) is 14.7. The third-order valence-corrected chi connectivity index (χ3v) is 4.45. The van der Waals surface area contributed by atoms with Gasteiger partial charge in [-0.3, -0.25) is 14.9 Å². The summed E-state index contributed by atoms with van der Waals surface area (Å²) < 4.78 is 15.1. The molecule has 0 unspecified atom stereocenters. The van der Waals surface area contributed by atoms with Crippen LogP contribution in [0.15, 0.2) is 12.1 Å². The number of rotatable bonds is 6. The lowest BCUT2D eigenvalue weighted by molar-refractivity contribution is -0.385. The Hall–Kier alpha value is -2.84. The fraction of sp³-hybridized carbons (Fsp3) is 0.556. The highest BCUT2D eigenvalue weighted by molar-refractivity contribution is 5.96. The van der Waals surface area contributed by atoms with Crippen LogP contribution in [0.3, 0.4) is 0 Å². The predicted molar refractivity (Wildman–Crippen MR) is 96.1 cm³/mol. The Morgan fingerprint density at radius 2 is 1.59 bits per heavy atom. The van der Waals surface area contributed by atoms with Gasteiger partial charge in [-0.2, -0.15) is 0 Å². The Labute approximate surface area is 157 Å². The largest absolute Gasteiger partial charge is 0.493 e. The van der Waals surface area contributed by atoms with Crippen molar-refractivity contribution in [2.75, 3.05) is 33.9 Å². The Kier molecular flexibility index (Phi) is 7.39. The van der Waals surface area contributed by atoms with Gasteiger partial charge in [0.1, 0.15) is 5.56 Å². The fourth-order valence-corrected chi connectivity index (χ4v) is 2.98. The van der Waals surface area contributed by atoms with Crippen molar-refractivity contribution in [1.29, 1.82) is 0 Å². The molecule has 9 nitrogen and oxygen atoms in total. The highest BCUT2D eigenvalue weighted by atomic mass is 16.6. The fourth-order valence-electron chi connectivity index (χ4n) is 2.98. The molecule has 27 heavy (non-hydrogen) atoms. The number of nitrogens with zero attached hydrogens (tertiary/aromatic N) is 2. The lowest BCUT2D eigenvalue weighted by Gasteiger charge is -2.24. The van der Waals surface area contributed by atoms with Crippen molar-refractivity contribution in [2.45, 2.75) is 32.1 Å². The maximum atomic E-state index is 12.4. The zero-order valence-electron chi connectivity index (χ0n) is 15.6. The lowest BCUT2D eigenvalue weighted by Crippen LogP contribution is -2.37. The number of esters is 1. The first-order valence-electron chi connectivity index (χ1n) is 8.83. The summed E-state index contributed by atoms with van der Waals surface area (Å²) in [6.07, 6.45) is 5.14. The molecule has 0 N–H and O–H groups in total. The van der Waals surface area contributed by atoms with E-state index in [4.69, 9.17) is 14.2 Å². The first-order chi connectivity index (χ1) is 13.0. The molecule has 0 atom stereocenters. The van der Waals surface area contributed by atoms with Crippen LogP contribution in [0.4, 0.5) is 5.69 Å². The standard InChI is InChI=1S/C18H24N2O7/c1-25-15-10-13(14(20(23)24)11-16(15)26-2)18(22)27-12-17(21)19-8-6-4-3-5-7-9-19/h10-11H,3-9,12H2,1-2H3. The molecule has 1 amide bonds. The van der Waals surface area contributed by atoms with Crippen LogP contribution in [0.5, 0.6) is 11.5 Å². The minimum atomic E-state index is -0.956. The summed E-state index contributed by atoms with van der Waals surface area (Å²) in [6, 6.07) is 2.27. The molecule has 2 rings (SSSR count). The van der Waals surface area contributed by atoms with Gasteiger partial charge in [-0.05, 0) is 12.8 Å². The molecule has 1 aromatic carbocycles. The predicted octanol–water partition coefficient (Wildman–Crippen LogP) is 2.56. The van der Waals surface area contributed by atoms with Crippen LogP contribution < -0.4 is 9.47 Å². The van der Waals surface area contributed by atoms with Crippen molar-refractivity contribution >= 4 is 17.6 Å². The van der Waals surface area contributed by atoms with E-state index >= 15 is 0 Å². The third-order valence-electron chi connectivity index (χ3n) is 4.45. The van der Waals surface area contributed by atoms with E-state index in [1.54, 1.807) is 4.90 Å². The molecule has 1 aliphatic heterocycles. The number of likely N-dealkylation sites (tertiary alicyclic amines) is 1. The van der Waals surface area contributed by atoms with Gasteiger partial charge in [-0.25, -0.2) is 4.79 Å². The van der Waals surface area contributed by atoms with Crippen LogP contribution in [0.25, 0.3) is 0 Å². The maximum absolute atomic E-state index is 12.4. The molecular weight excluding hydrogens is 356 g/mol. The van der Waals surface area contributed by atoms with Crippen LogP contribution >= 0.6 is 0 Å². The van der Waals surface area contributed by atoms with E-state index in [9.17, 15) is 19.7 Å². The third kappa shape index (κ3) is 5.32. The topological polar surface area (TPSA) is 108 Å². The molecular formula is C18H24N2O7. The van der Waals surface area contributed by atoms with Crippen molar-refractivity contribution in [3.63, 3.8) is 0 Å². The van der Waals surface area contributed by atoms with Crippen LogP contribution in [0, 0.1) is 10.1 Å². The van der Waals surface area contributed by atoms with Crippen molar-refractivity contribution in [2.24, 2.45) is 0 Å². The summed E-state index contributed by atoms with van der Waals surface area (Å²) in [5.41, 5.74) is -0.769. The van der Waals surface area contributed by atoms with E-state index < -0.39 is 23.2 Å². The lowest BCUT2D eigenvalue weighted by atomic mass is 10.1. The van der Waals surface area contributed by atoms with Gasteiger partial charge in [0.05, 0.1) is 25.2 Å². The highest BCUT2D eigenvalue weighted by Gasteiger charge is 2.27. The molecule has 0 aliphatic carbocycles. The molecule has 1 heterocycles. The van der Waals surface area contributed by atoms with Crippen LogP contribution in [-0.4, -0.2) is 55.6 Å². The van der Waals surface area contributed by atoms with E-state index in [0.717, 1.165) is 31.7 Å². The minimum absolute atomic E-state index is 0.123. The number of carbonyl (C=O) groups is 2. The minimum Gasteiger partial charge on any atom is -0.493 e. The summed E-state index contributed by atoms with van der Waals surface area (Å²) >= 11 is 0. The second-order valence-corrected chi connectivity index (χ2v) is 6.21. The van der Waals surface area contributed by atoms with Gasteiger partial charge in [0, 0.05) is 19.2 Å². The van der Waals surface area contributed by atoms with E-state index in [1.807, 2.05) is 0 Å². The number of nitro groups is 1. The average Bonchev–Trinajstić information content (AvgIpc) is 2.64. The summed E-state index contributed by atoms with van der Waals surface area (Å²) in [5.74, 6) is -0.973. The molecule has 9 heteroatoms. The number of amides is 1. The summed E-state index contributed by atoms with van der Waals surface area (Å²) in [5, 5.41) is 11.3. The summed E-state index contributed by atoms with van der Waals surface area (Å²) in [7, 11) is 2.69. The average molecular weight is 380 g/mol. The number of ether oxygens (including phenoxy) is 3. The Morgan fingerprint density at radius 1 is 1.04 bits per heavy atom. The van der Waals surface area contributed by atoms with Gasteiger partial charge in [-0.15, -0.1) is 0 Å². The first-order valence-corrected chi connectivity index (χ1v) is 8.83. The zero-order chi connectivity index (χ0) is 19.8. The van der Waals surface area contributed by atoms with Crippen molar-refractivity contribution in [3.8, 4) is 11.5 Å². The second kappa shape index (κ2) is 9.75. The second-order valence-electron chi connectivity index (χ2n) is 6.21. The SMILES string of the molecule is COc1cc(C(=O)OCC(=O)N2CCCCCCC2)c([N+](=O)[O-])cc1OC. The number of nitro benzene ring substituents is 1. The molecule has 0 radical (unpaired) electrons. The number of hydrogen-bond acceptors (Lipinski definition) is 7. The van der Waals surface area contributed by atoms with Crippen LogP contribution in [0.2, 0.25) is 0 Å². The van der Waals surface area contributed by atoms with E-state index in [0.29, 0.717) is 13.1 Å². The van der Waals surface area contributed by atoms with Gasteiger partial charge in [0.2, 0.25) is 0 Å². The molecule has 1 aliphatic rings. The smallest absolute Gasteiger partial charge is 0.345 e. The molecule has 1 aromatic rings. The van der Waals surface area contributed by atoms with E-state index in [2.05, 4.69) is 0 Å². The molecule has 1 saturated heterocycles. The van der Waals surface area contributed by atoms with Gasteiger partial charge in [0.15, 0.2) is 18.1 Å². The van der Waals surface area contributed by atoms with Gasteiger partial charge in [0.25, 0.3) is 11.6 Å². The zero-order valence-corrected chi connectivity index (χ0v) is 15.6. The Balaban J connectivity index is 2.10. The number of benzene rings is 1. The quantitative estimate of drug-likeness (QED) is 0.424. The molecule has 148 valence electrons. The first kappa shape index (κ1) is 20.5.